The number of aromatic nitrogens is 1. The summed E-state index contributed by atoms with van der Waals surface area (Å²) in [6.07, 6.45) is 4.36. The molecule has 1 aliphatic carbocycles. The predicted molar refractivity (Wildman–Crippen MR) is 84.1 cm³/mol. The molecule has 5 nitrogen and oxygen atoms in total. The third-order valence-corrected chi connectivity index (χ3v) is 4.63. The number of hydrogen-bond donors (Lipinski definition) is 1. The number of carboxylic acids is 1. The van der Waals surface area contributed by atoms with E-state index in [9.17, 15) is 9.90 Å². The fraction of sp³-hybridized carbons (Fsp3) is 0.625. The van der Waals surface area contributed by atoms with Gasteiger partial charge in [-0.05, 0) is 51.9 Å². The lowest BCUT2D eigenvalue weighted by atomic mass is 9.75. The second kappa shape index (κ2) is 6.02. The van der Waals surface area contributed by atoms with E-state index in [4.69, 9.17) is 0 Å². The Morgan fingerprint density at radius 3 is 2.43 bits per heavy atom. The SMILES string of the molecule is CCc1cc(C(=O)O)cc(N(C)CC2(N(C)C)CCC2)n1. The van der Waals surface area contributed by atoms with E-state index >= 15 is 0 Å². The van der Waals surface area contributed by atoms with Gasteiger partial charge in [-0.2, -0.15) is 0 Å². The van der Waals surface area contributed by atoms with E-state index in [2.05, 4.69) is 28.9 Å². The summed E-state index contributed by atoms with van der Waals surface area (Å²) in [6, 6.07) is 3.33. The second-order valence-corrected chi connectivity index (χ2v) is 6.19. The zero-order valence-corrected chi connectivity index (χ0v) is 13.4. The van der Waals surface area contributed by atoms with Crippen molar-refractivity contribution in [1.82, 2.24) is 9.88 Å². The van der Waals surface area contributed by atoms with Gasteiger partial charge < -0.3 is 14.9 Å². The van der Waals surface area contributed by atoms with Gasteiger partial charge in [-0.25, -0.2) is 9.78 Å². The Morgan fingerprint density at radius 2 is 2.00 bits per heavy atom. The highest BCUT2D eigenvalue weighted by atomic mass is 16.4. The maximum atomic E-state index is 11.3. The van der Waals surface area contributed by atoms with Crippen LogP contribution in [0, 0.1) is 0 Å². The number of hydrogen-bond acceptors (Lipinski definition) is 4. The zero-order valence-electron chi connectivity index (χ0n) is 13.4. The first-order valence-corrected chi connectivity index (χ1v) is 7.51. The molecule has 21 heavy (non-hydrogen) atoms. The Bertz CT molecular complexity index is 524. The summed E-state index contributed by atoms with van der Waals surface area (Å²) in [5, 5.41) is 9.23. The molecule has 2 rings (SSSR count). The first-order chi connectivity index (χ1) is 9.88. The van der Waals surface area contributed by atoms with Crippen LogP contribution < -0.4 is 4.90 Å². The van der Waals surface area contributed by atoms with Crippen LogP contribution in [0.4, 0.5) is 5.82 Å². The van der Waals surface area contributed by atoms with Crippen LogP contribution in [0.2, 0.25) is 0 Å². The van der Waals surface area contributed by atoms with E-state index in [1.165, 1.54) is 19.3 Å². The van der Waals surface area contributed by atoms with E-state index in [0.717, 1.165) is 24.5 Å². The summed E-state index contributed by atoms with van der Waals surface area (Å²) < 4.78 is 0. The third-order valence-electron chi connectivity index (χ3n) is 4.63. The minimum Gasteiger partial charge on any atom is -0.478 e. The number of carboxylic acid groups (broad SMARTS) is 1. The number of aromatic carboxylic acids is 1. The van der Waals surface area contributed by atoms with E-state index in [1.54, 1.807) is 12.1 Å². The van der Waals surface area contributed by atoms with Crippen LogP contribution in [0.1, 0.15) is 42.2 Å². The highest BCUT2D eigenvalue weighted by Crippen LogP contribution is 2.37. The van der Waals surface area contributed by atoms with Crippen molar-refractivity contribution in [2.75, 3.05) is 32.6 Å². The molecule has 0 bridgehead atoms. The molecule has 1 aliphatic rings. The lowest BCUT2D eigenvalue weighted by Gasteiger charge is -2.49. The topological polar surface area (TPSA) is 56.7 Å². The van der Waals surface area contributed by atoms with Crippen LogP contribution in [0.25, 0.3) is 0 Å². The molecule has 1 fully saturated rings. The fourth-order valence-electron chi connectivity index (χ4n) is 2.93. The molecule has 0 aromatic carbocycles. The molecule has 1 aromatic heterocycles. The molecule has 116 valence electrons. The van der Waals surface area contributed by atoms with Crippen LogP contribution in [-0.2, 0) is 6.42 Å². The van der Waals surface area contributed by atoms with Crippen molar-refractivity contribution in [3.05, 3.63) is 23.4 Å². The number of aryl methyl sites for hydroxylation is 1. The fourth-order valence-corrected chi connectivity index (χ4v) is 2.93. The van der Waals surface area contributed by atoms with E-state index in [0.29, 0.717) is 5.56 Å². The molecular formula is C16H25N3O2. The van der Waals surface area contributed by atoms with Crippen molar-refractivity contribution in [2.45, 2.75) is 38.1 Å². The van der Waals surface area contributed by atoms with Crippen molar-refractivity contribution in [2.24, 2.45) is 0 Å². The molecule has 1 heterocycles. The van der Waals surface area contributed by atoms with Gasteiger partial charge >= 0.3 is 5.97 Å². The number of carbonyl (C=O) groups is 1. The average molecular weight is 291 g/mol. The number of likely N-dealkylation sites (N-methyl/N-ethyl adjacent to an activating group) is 2. The van der Waals surface area contributed by atoms with Crippen molar-refractivity contribution < 1.29 is 9.90 Å². The molecular weight excluding hydrogens is 266 g/mol. The largest absolute Gasteiger partial charge is 0.478 e. The lowest BCUT2D eigenvalue weighted by Crippen LogP contribution is -2.56. The van der Waals surface area contributed by atoms with Gasteiger partial charge in [-0.15, -0.1) is 0 Å². The Hall–Kier alpha value is -1.62. The molecule has 1 saturated carbocycles. The van der Waals surface area contributed by atoms with Gasteiger partial charge in [0, 0.05) is 24.8 Å². The first-order valence-electron chi connectivity index (χ1n) is 7.51. The minimum absolute atomic E-state index is 0.196. The standard InChI is InChI=1S/C16H25N3O2/c1-5-13-9-12(15(20)21)10-14(17-13)19(4)11-16(18(2)3)7-6-8-16/h9-10H,5-8,11H2,1-4H3,(H,20,21). The molecule has 0 aliphatic heterocycles. The average Bonchev–Trinajstić information content (AvgIpc) is 2.41. The smallest absolute Gasteiger partial charge is 0.335 e. The normalized spacial score (nSPS) is 16.6. The number of pyridine rings is 1. The van der Waals surface area contributed by atoms with Crippen molar-refractivity contribution in [3.63, 3.8) is 0 Å². The summed E-state index contributed by atoms with van der Waals surface area (Å²) in [7, 11) is 6.23. The van der Waals surface area contributed by atoms with Crippen LogP contribution in [0.5, 0.6) is 0 Å². The molecule has 0 saturated heterocycles. The van der Waals surface area contributed by atoms with Crippen LogP contribution in [0.3, 0.4) is 0 Å². The van der Waals surface area contributed by atoms with Crippen molar-refractivity contribution in [3.8, 4) is 0 Å². The number of rotatable bonds is 6. The molecule has 0 spiro atoms. The first kappa shape index (κ1) is 15.8. The van der Waals surface area contributed by atoms with E-state index in [-0.39, 0.29) is 5.54 Å². The van der Waals surface area contributed by atoms with Gasteiger partial charge in [-0.3, -0.25) is 0 Å². The van der Waals surface area contributed by atoms with Crippen LogP contribution in [0.15, 0.2) is 12.1 Å². The molecule has 5 heteroatoms. The van der Waals surface area contributed by atoms with Gasteiger partial charge in [0.15, 0.2) is 0 Å². The second-order valence-electron chi connectivity index (χ2n) is 6.19. The van der Waals surface area contributed by atoms with Gasteiger partial charge in [0.1, 0.15) is 5.82 Å². The Labute approximate surface area is 126 Å². The number of anilines is 1. The highest BCUT2D eigenvalue weighted by Gasteiger charge is 2.40. The zero-order chi connectivity index (χ0) is 15.6. The lowest BCUT2D eigenvalue weighted by molar-refractivity contribution is 0.0681. The van der Waals surface area contributed by atoms with Gasteiger partial charge in [0.2, 0.25) is 0 Å². The van der Waals surface area contributed by atoms with E-state index < -0.39 is 5.97 Å². The van der Waals surface area contributed by atoms with E-state index in [1.807, 2.05) is 14.0 Å². The van der Waals surface area contributed by atoms with Gasteiger partial charge in [-0.1, -0.05) is 6.92 Å². The quantitative estimate of drug-likeness (QED) is 0.871. The molecule has 1 N–H and O–H groups in total. The Balaban J connectivity index is 2.24. The number of nitrogens with zero attached hydrogens (tertiary/aromatic N) is 3. The van der Waals surface area contributed by atoms with Crippen LogP contribution in [-0.4, -0.2) is 54.2 Å². The highest BCUT2D eigenvalue weighted by molar-refractivity contribution is 5.88. The van der Waals surface area contributed by atoms with Gasteiger partial charge in [0.25, 0.3) is 0 Å². The summed E-state index contributed by atoms with van der Waals surface area (Å²) in [5.74, 6) is -0.146. The molecule has 0 atom stereocenters. The summed E-state index contributed by atoms with van der Waals surface area (Å²) in [5.41, 5.74) is 1.34. The summed E-state index contributed by atoms with van der Waals surface area (Å²) >= 11 is 0. The van der Waals surface area contributed by atoms with Crippen molar-refractivity contribution >= 4 is 11.8 Å². The Morgan fingerprint density at radius 1 is 1.33 bits per heavy atom. The minimum atomic E-state index is -0.896. The molecule has 0 amide bonds. The van der Waals surface area contributed by atoms with Crippen LogP contribution >= 0.6 is 0 Å². The maximum absolute atomic E-state index is 11.3. The molecule has 0 unspecified atom stereocenters. The summed E-state index contributed by atoms with van der Waals surface area (Å²) in [4.78, 5) is 20.2. The molecule has 1 aromatic rings. The monoisotopic (exact) mass is 291 g/mol. The maximum Gasteiger partial charge on any atom is 0.335 e. The third kappa shape index (κ3) is 3.18. The molecule has 0 radical (unpaired) electrons. The Kier molecular flexibility index (Phi) is 4.52. The van der Waals surface area contributed by atoms with Gasteiger partial charge in [0.05, 0.1) is 5.56 Å². The summed E-state index contributed by atoms with van der Waals surface area (Å²) in [6.45, 7) is 2.87. The predicted octanol–water partition coefficient (Wildman–Crippen LogP) is 2.26. The van der Waals surface area contributed by atoms with Crippen molar-refractivity contribution in [1.29, 1.82) is 0 Å².